The normalized spacial score (nSPS) is 10.9. The van der Waals surface area contributed by atoms with Crippen LogP contribution in [0.4, 0.5) is 0 Å². The molecule has 0 aromatic heterocycles. The highest BCUT2D eigenvalue weighted by molar-refractivity contribution is 5.31. The molecule has 0 unspecified atom stereocenters. The first-order chi connectivity index (χ1) is 10.2. The molecule has 0 amide bonds. The second kappa shape index (κ2) is 11.4. The van der Waals surface area contributed by atoms with Gasteiger partial charge in [0.15, 0.2) is 0 Å². The highest BCUT2D eigenvalue weighted by Crippen LogP contribution is 2.17. The number of ether oxygens (including phenoxy) is 2. The van der Waals surface area contributed by atoms with E-state index in [-0.39, 0.29) is 0 Å². The third-order valence-corrected chi connectivity index (χ3v) is 3.20. The van der Waals surface area contributed by atoms with Gasteiger partial charge in [-0.15, -0.1) is 0 Å². The van der Waals surface area contributed by atoms with Gasteiger partial charge in [0.25, 0.3) is 0 Å². The van der Waals surface area contributed by atoms with Crippen molar-refractivity contribution in [1.82, 2.24) is 5.32 Å². The van der Waals surface area contributed by atoms with Gasteiger partial charge in [0.1, 0.15) is 11.5 Å². The molecule has 3 heteroatoms. The van der Waals surface area contributed by atoms with Crippen LogP contribution in [-0.2, 0) is 0 Å². The van der Waals surface area contributed by atoms with Crippen LogP contribution in [0.25, 0.3) is 0 Å². The average Bonchev–Trinajstić information content (AvgIpc) is 2.47. The molecule has 0 fully saturated rings. The van der Waals surface area contributed by atoms with Gasteiger partial charge in [-0.2, -0.15) is 0 Å². The van der Waals surface area contributed by atoms with Crippen molar-refractivity contribution < 1.29 is 9.47 Å². The molecule has 0 saturated carbocycles. The molecule has 1 N–H and O–H groups in total. The van der Waals surface area contributed by atoms with Crippen LogP contribution in [0.1, 0.15) is 46.5 Å². The van der Waals surface area contributed by atoms with Crippen molar-refractivity contribution in [3.05, 3.63) is 24.3 Å². The molecule has 0 radical (unpaired) electrons. The fourth-order valence-electron chi connectivity index (χ4n) is 2.09. The quantitative estimate of drug-likeness (QED) is 0.584. The van der Waals surface area contributed by atoms with E-state index in [1.54, 1.807) is 0 Å². The molecule has 0 heterocycles. The summed E-state index contributed by atoms with van der Waals surface area (Å²) in [7, 11) is 0. The summed E-state index contributed by atoms with van der Waals surface area (Å²) < 4.78 is 11.1. The predicted molar refractivity (Wildman–Crippen MR) is 89.3 cm³/mol. The summed E-state index contributed by atoms with van der Waals surface area (Å²) in [6.45, 7) is 10.2. The molecule has 0 aliphatic carbocycles. The van der Waals surface area contributed by atoms with Gasteiger partial charge in [-0.3, -0.25) is 0 Å². The Morgan fingerprint density at radius 2 is 1.52 bits per heavy atom. The summed E-state index contributed by atoms with van der Waals surface area (Å²) in [5.41, 5.74) is 0. The fraction of sp³-hybridized carbons (Fsp3) is 0.667. The molecule has 0 saturated heterocycles. The standard InChI is InChI=1S/C18H31NO2/c1-4-20-17-9-11-18(12-10-17)21-14-8-6-5-7-13-19-15-16(2)3/h9-12,16,19H,4-8,13-15H2,1-3H3. The van der Waals surface area contributed by atoms with Gasteiger partial charge < -0.3 is 14.8 Å². The van der Waals surface area contributed by atoms with Crippen LogP contribution in [0, 0.1) is 5.92 Å². The molecule has 3 nitrogen and oxygen atoms in total. The minimum Gasteiger partial charge on any atom is -0.494 e. The van der Waals surface area contributed by atoms with E-state index in [1.165, 1.54) is 19.3 Å². The fourth-order valence-corrected chi connectivity index (χ4v) is 2.09. The topological polar surface area (TPSA) is 30.5 Å². The van der Waals surface area contributed by atoms with Crippen LogP contribution in [0.15, 0.2) is 24.3 Å². The number of hydrogen-bond donors (Lipinski definition) is 1. The Morgan fingerprint density at radius 3 is 2.14 bits per heavy atom. The van der Waals surface area contributed by atoms with Crippen molar-refractivity contribution in [1.29, 1.82) is 0 Å². The Bertz CT molecular complexity index is 349. The van der Waals surface area contributed by atoms with E-state index in [9.17, 15) is 0 Å². The highest BCUT2D eigenvalue weighted by atomic mass is 16.5. The summed E-state index contributed by atoms with van der Waals surface area (Å²) in [4.78, 5) is 0. The zero-order chi connectivity index (χ0) is 15.3. The molecule has 1 rings (SSSR count). The number of rotatable bonds is 12. The summed E-state index contributed by atoms with van der Waals surface area (Å²) in [5.74, 6) is 2.57. The van der Waals surface area contributed by atoms with E-state index in [2.05, 4.69) is 19.2 Å². The molecule has 21 heavy (non-hydrogen) atoms. The number of unbranched alkanes of at least 4 members (excludes halogenated alkanes) is 3. The maximum absolute atomic E-state index is 5.73. The Balaban J connectivity index is 1.96. The van der Waals surface area contributed by atoms with Crippen molar-refractivity contribution in [3.63, 3.8) is 0 Å². The third-order valence-electron chi connectivity index (χ3n) is 3.20. The maximum atomic E-state index is 5.73. The van der Waals surface area contributed by atoms with E-state index in [0.717, 1.165) is 43.5 Å². The van der Waals surface area contributed by atoms with Crippen LogP contribution in [0.2, 0.25) is 0 Å². The Morgan fingerprint density at radius 1 is 0.905 bits per heavy atom. The molecule has 0 spiro atoms. The molecule has 1 aromatic carbocycles. The monoisotopic (exact) mass is 293 g/mol. The van der Waals surface area contributed by atoms with Crippen LogP contribution in [-0.4, -0.2) is 26.3 Å². The first-order valence-corrected chi connectivity index (χ1v) is 8.28. The lowest BCUT2D eigenvalue weighted by Gasteiger charge is -2.08. The second-order valence-corrected chi connectivity index (χ2v) is 5.77. The summed E-state index contributed by atoms with van der Waals surface area (Å²) >= 11 is 0. The molecular formula is C18H31NO2. The van der Waals surface area contributed by atoms with Gasteiger partial charge >= 0.3 is 0 Å². The molecule has 120 valence electrons. The van der Waals surface area contributed by atoms with Crippen molar-refractivity contribution in [3.8, 4) is 11.5 Å². The van der Waals surface area contributed by atoms with E-state index >= 15 is 0 Å². The van der Waals surface area contributed by atoms with Crippen LogP contribution in [0.3, 0.4) is 0 Å². The van der Waals surface area contributed by atoms with Crippen LogP contribution < -0.4 is 14.8 Å². The summed E-state index contributed by atoms with van der Waals surface area (Å²) in [6.07, 6.45) is 4.89. The van der Waals surface area contributed by atoms with Gasteiger partial charge in [0, 0.05) is 0 Å². The second-order valence-electron chi connectivity index (χ2n) is 5.77. The lowest BCUT2D eigenvalue weighted by Crippen LogP contribution is -2.20. The van der Waals surface area contributed by atoms with E-state index < -0.39 is 0 Å². The van der Waals surface area contributed by atoms with E-state index in [1.807, 2.05) is 31.2 Å². The molecule has 0 aliphatic rings. The molecule has 0 aliphatic heterocycles. The van der Waals surface area contributed by atoms with Crippen molar-refractivity contribution in [2.75, 3.05) is 26.3 Å². The number of benzene rings is 1. The van der Waals surface area contributed by atoms with Crippen molar-refractivity contribution >= 4 is 0 Å². The number of hydrogen-bond acceptors (Lipinski definition) is 3. The summed E-state index contributed by atoms with van der Waals surface area (Å²) in [5, 5.41) is 3.47. The minimum atomic E-state index is 0.701. The van der Waals surface area contributed by atoms with Gasteiger partial charge in [-0.05, 0) is 63.0 Å². The molecule has 0 bridgehead atoms. The zero-order valence-electron chi connectivity index (χ0n) is 13.9. The first kappa shape index (κ1) is 17.8. The minimum absolute atomic E-state index is 0.701. The third kappa shape index (κ3) is 9.35. The number of nitrogens with one attached hydrogen (secondary N) is 1. The maximum Gasteiger partial charge on any atom is 0.119 e. The molecular weight excluding hydrogens is 262 g/mol. The zero-order valence-corrected chi connectivity index (χ0v) is 13.9. The lowest BCUT2D eigenvalue weighted by atomic mass is 10.2. The Hall–Kier alpha value is -1.22. The highest BCUT2D eigenvalue weighted by Gasteiger charge is 1.97. The molecule has 1 aromatic rings. The van der Waals surface area contributed by atoms with E-state index in [0.29, 0.717) is 6.61 Å². The van der Waals surface area contributed by atoms with Crippen molar-refractivity contribution in [2.45, 2.75) is 46.5 Å². The van der Waals surface area contributed by atoms with Crippen LogP contribution >= 0.6 is 0 Å². The lowest BCUT2D eigenvalue weighted by molar-refractivity contribution is 0.302. The Kier molecular flexibility index (Phi) is 9.71. The average molecular weight is 293 g/mol. The largest absolute Gasteiger partial charge is 0.494 e. The summed E-state index contributed by atoms with van der Waals surface area (Å²) in [6, 6.07) is 7.86. The SMILES string of the molecule is CCOc1ccc(OCCCCCCNCC(C)C)cc1. The molecule has 0 atom stereocenters. The Labute approximate surface area is 130 Å². The van der Waals surface area contributed by atoms with Crippen LogP contribution in [0.5, 0.6) is 11.5 Å². The van der Waals surface area contributed by atoms with E-state index in [4.69, 9.17) is 9.47 Å². The van der Waals surface area contributed by atoms with Gasteiger partial charge in [-0.25, -0.2) is 0 Å². The van der Waals surface area contributed by atoms with Crippen molar-refractivity contribution in [2.24, 2.45) is 5.92 Å². The van der Waals surface area contributed by atoms with Gasteiger partial charge in [0.05, 0.1) is 13.2 Å². The first-order valence-electron chi connectivity index (χ1n) is 8.28. The van der Waals surface area contributed by atoms with Gasteiger partial charge in [0.2, 0.25) is 0 Å². The van der Waals surface area contributed by atoms with Gasteiger partial charge in [-0.1, -0.05) is 26.7 Å². The smallest absolute Gasteiger partial charge is 0.119 e. The predicted octanol–water partition coefficient (Wildman–Crippen LogP) is 4.27.